The molecule has 0 fully saturated rings. The molecule has 0 aliphatic heterocycles. The number of carboxylic acids is 1. The molecule has 0 saturated heterocycles. The number of benzene rings is 1. The van der Waals surface area contributed by atoms with Gasteiger partial charge in [0.2, 0.25) is 5.91 Å². The van der Waals surface area contributed by atoms with Crippen molar-refractivity contribution in [3.63, 3.8) is 0 Å². The van der Waals surface area contributed by atoms with Crippen LogP contribution in [0.3, 0.4) is 0 Å². The zero-order valence-electron chi connectivity index (χ0n) is 12.3. The number of carbonyl (C=O) groups excluding carboxylic acids is 1. The van der Waals surface area contributed by atoms with E-state index in [-0.39, 0.29) is 24.1 Å². The van der Waals surface area contributed by atoms with Gasteiger partial charge in [0.05, 0.1) is 5.92 Å². The Kier molecular flexibility index (Phi) is 7.43. The molecule has 1 aromatic rings. The third kappa shape index (κ3) is 6.38. The minimum atomic E-state index is -0.790. The Labute approximate surface area is 124 Å². The fraction of sp³-hybridized carbons (Fsp3) is 0.500. The second kappa shape index (κ2) is 9.10. The number of hydrogen-bond acceptors (Lipinski definition) is 2. The number of hydrogen-bond donors (Lipinski definition) is 2. The molecule has 1 unspecified atom stereocenters. The number of unbranched alkanes of at least 4 members (excludes halogenated alkanes) is 2. The van der Waals surface area contributed by atoms with Gasteiger partial charge in [0.1, 0.15) is 5.82 Å². The molecule has 4 nitrogen and oxygen atoms in total. The Morgan fingerprint density at radius 1 is 1.19 bits per heavy atom. The lowest BCUT2D eigenvalue weighted by Crippen LogP contribution is -2.30. The topological polar surface area (TPSA) is 66.4 Å². The number of nitrogens with one attached hydrogen (secondary N) is 1. The summed E-state index contributed by atoms with van der Waals surface area (Å²) >= 11 is 0. The Hall–Kier alpha value is -1.91. The molecule has 2 N–H and O–H groups in total. The molecule has 1 amide bonds. The van der Waals surface area contributed by atoms with E-state index in [2.05, 4.69) is 5.32 Å². The lowest BCUT2D eigenvalue weighted by atomic mass is 9.95. The van der Waals surface area contributed by atoms with Crippen LogP contribution in [0.2, 0.25) is 0 Å². The summed E-state index contributed by atoms with van der Waals surface area (Å²) in [7, 11) is 0. The van der Waals surface area contributed by atoms with E-state index in [1.165, 1.54) is 12.1 Å². The van der Waals surface area contributed by atoms with Gasteiger partial charge in [-0.15, -0.1) is 0 Å². The summed E-state index contributed by atoms with van der Waals surface area (Å²) in [6, 6.07) is 5.99. The zero-order valence-corrected chi connectivity index (χ0v) is 12.3. The molecule has 1 rings (SSSR count). The summed E-state index contributed by atoms with van der Waals surface area (Å²) in [6.45, 7) is 2.45. The Morgan fingerprint density at radius 2 is 1.86 bits per heavy atom. The lowest BCUT2D eigenvalue weighted by Gasteiger charge is -2.15. The molecule has 0 aliphatic rings. The number of carboxylic acid groups (broad SMARTS) is 1. The van der Waals surface area contributed by atoms with Crippen LogP contribution in [0, 0.1) is 5.82 Å². The molecular weight excluding hydrogens is 273 g/mol. The average Bonchev–Trinajstić information content (AvgIpc) is 2.45. The van der Waals surface area contributed by atoms with Gasteiger partial charge in [-0.25, -0.2) is 4.39 Å². The minimum Gasteiger partial charge on any atom is -0.481 e. The third-order valence-electron chi connectivity index (χ3n) is 3.36. The van der Waals surface area contributed by atoms with Crippen molar-refractivity contribution in [1.82, 2.24) is 5.32 Å². The molecule has 0 bridgehead atoms. The highest BCUT2D eigenvalue weighted by molar-refractivity contribution is 5.83. The van der Waals surface area contributed by atoms with Crippen molar-refractivity contribution < 1.29 is 19.1 Å². The first kappa shape index (κ1) is 17.1. The van der Waals surface area contributed by atoms with Crippen molar-refractivity contribution >= 4 is 11.9 Å². The van der Waals surface area contributed by atoms with Gasteiger partial charge in [-0.2, -0.15) is 0 Å². The number of amides is 1. The van der Waals surface area contributed by atoms with Crippen molar-refractivity contribution in [1.29, 1.82) is 0 Å². The van der Waals surface area contributed by atoms with Crippen LogP contribution in [0.5, 0.6) is 0 Å². The average molecular weight is 295 g/mol. The summed E-state index contributed by atoms with van der Waals surface area (Å²) in [5, 5.41) is 11.4. The van der Waals surface area contributed by atoms with E-state index in [0.29, 0.717) is 19.4 Å². The molecule has 1 atom stereocenters. The third-order valence-corrected chi connectivity index (χ3v) is 3.36. The highest BCUT2D eigenvalue weighted by Gasteiger charge is 2.17. The maximum Gasteiger partial charge on any atom is 0.303 e. The van der Waals surface area contributed by atoms with Gasteiger partial charge in [0.25, 0.3) is 0 Å². The number of halogens is 1. The highest BCUT2D eigenvalue weighted by Crippen LogP contribution is 2.20. The van der Waals surface area contributed by atoms with Crippen molar-refractivity contribution in [2.45, 2.75) is 44.9 Å². The van der Waals surface area contributed by atoms with Crippen LogP contribution < -0.4 is 5.32 Å². The summed E-state index contributed by atoms with van der Waals surface area (Å²) < 4.78 is 12.9. The van der Waals surface area contributed by atoms with Crippen molar-refractivity contribution in [3.8, 4) is 0 Å². The molecular formula is C16H22FNO3. The quantitative estimate of drug-likeness (QED) is 0.688. The first-order chi connectivity index (χ1) is 10.0. The number of rotatable bonds is 9. The maximum absolute atomic E-state index is 12.9. The van der Waals surface area contributed by atoms with E-state index in [9.17, 15) is 14.0 Å². The lowest BCUT2D eigenvalue weighted by molar-refractivity contribution is -0.137. The van der Waals surface area contributed by atoms with Gasteiger partial charge in [0.15, 0.2) is 0 Å². The van der Waals surface area contributed by atoms with Gasteiger partial charge in [-0.1, -0.05) is 25.5 Å². The Bertz CT molecular complexity index is 459. The molecule has 1 aromatic carbocycles. The molecule has 0 aliphatic carbocycles. The molecule has 0 aromatic heterocycles. The van der Waals surface area contributed by atoms with E-state index in [1.54, 1.807) is 12.1 Å². The fourth-order valence-electron chi connectivity index (χ4n) is 2.18. The standard InChI is InChI=1S/C16H22FNO3/c1-2-14(12-7-9-13(17)10-8-12)16(21)18-11-5-3-4-6-15(19)20/h7-10,14H,2-6,11H2,1H3,(H,18,21)(H,19,20). The minimum absolute atomic E-state index is 0.0673. The van der Waals surface area contributed by atoms with Gasteiger partial charge in [-0.05, 0) is 37.0 Å². The molecule has 116 valence electrons. The molecule has 0 heterocycles. The van der Waals surface area contributed by atoms with Crippen LogP contribution in [0.25, 0.3) is 0 Å². The predicted octanol–water partition coefficient (Wildman–Crippen LogP) is 3.08. The van der Waals surface area contributed by atoms with Crippen LogP contribution in [-0.4, -0.2) is 23.5 Å². The molecule has 21 heavy (non-hydrogen) atoms. The van der Waals surface area contributed by atoms with E-state index in [4.69, 9.17) is 5.11 Å². The van der Waals surface area contributed by atoms with Crippen LogP contribution in [0.1, 0.15) is 50.5 Å². The van der Waals surface area contributed by atoms with Gasteiger partial charge in [0, 0.05) is 13.0 Å². The summed E-state index contributed by atoms with van der Waals surface area (Å²) in [5.74, 6) is -1.44. The maximum atomic E-state index is 12.9. The van der Waals surface area contributed by atoms with E-state index < -0.39 is 5.97 Å². The monoisotopic (exact) mass is 295 g/mol. The van der Waals surface area contributed by atoms with Crippen molar-refractivity contribution in [2.75, 3.05) is 6.54 Å². The number of carbonyl (C=O) groups is 2. The van der Waals surface area contributed by atoms with Crippen LogP contribution in [0.4, 0.5) is 4.39 Å². The Balaban J connectivity index is 2.35. The van der Waals surface area contributed by atoms with Crippen LogP contribution in [0.15, 0.2) is 24.3 Å². The summed E-state index contributed by atoms with van der Waals surface area (Å²) in [4.78, 5) is 22.5. The molecule has 0 spiro atoms. The normalized spacial score (nSPS) is 11.9. The van der Waals surface area contributed by atoms with E-state index >= 15 is 0 Å². The van der Waals surface area contributed by atoms with E-state index in [0.717, 1.165) is 18.4 Å². The highest BCUT2D eigenvalue weighted by atomic mass is 19.1. The van der Waals surface area contributed by atoms with E-state index in [1.807, 2.05) is 6.92 Å². The first-order valence-electron chi connectivity index (χ1n) is 7.29. The van der Waals surface area contributed by atoms with Gasteiger partial charge >= 0.3 is 5.97 Å². The largest absolute Gasteiger partial charge is 0.481 e. The molecule has 0 saturated carbocycles. The number of aliphatic carboxylic acids is 1. The van der Waals surface area contributed by atoms with Crippen molar-refractivity contribution in [3.05, 3.63) is 35.6 Å². The van der Waals surface area contributed by atoms with Crippen LogP contribution in [-0.2, 0) is 9.59 Å². The van der Waals surface area contributed by atoms with Crippen LogP contribution >= 0.6 is 0 Å². The second-order valence-electron chi connectivity index (χ2n) is 5.01. The van der Waals surface area contributed by atoms with Crippen molar-refractivity contribution in [2.24, 2.45) is 0 Å². The Morgan fingerprint density at radius 3 is 2.43 bits per heavy atom. The SMILES string of the molecule is CCC(C(=O)NCCCCCC(=O)O)c1ccc(F)cc1. The molecule has 5 heteroatoms. The van der Waals surface area contributed by atoms with Gasteiger partial charge in [-0.3, -0.25) is 9.59 Å². The first-order valence-corrected chi connectivity index (χ1v) is 7.29. The molecule has 0 radical (unpaired) electrons. The predicted molar refractivity (Wildman–Crippen MR) is 78.5 cm³/mol. The second-order valence-corrected chi connectivity index (χ2v) is 5.01. The van der Waals surface area contributed by atoms with Gasteiger partial charge < -0.3 is 10.4 Å². The summed E-state index contributed by atoms with van der Waals surface area (Å²) in [5.41, 5.74) is 0.808. The smallest absolute Gasteiger partial charge is 0.303 e. The zero-order chi connectivity index (χ0) is 15.7. The fourth-order valence-corrected chi connectivity index (χ4v) is 2.18. The summed E-state index contributed by atoms with van der Waals surface area (Å²) in [6.07, 6.45) is 2.98.